The molecule has 2 N–H and O–H groups in total. The zero-order valence-corrected chi connectivity index (χ0v) is 14.7. The van der Waals surface area contributed by atoms with Crippen molar-refractivity contribution < 1.29 is 19.4 Å². The van der Waals surface area contributed by atoms with E-state index in [-0.39, 0.29) is 24.2 Å². The van der Waals surface area contributed by atoms with E-state index < -0.39 is 0 Å². The highest BCUT2D eigenvalue weighted by molar-refractivity contribution is 6.01. The Kier molecular flexibility index (Phi) is 3.37. The van der Waals surface area contributed by atoms with Crippen molar-refractivity contribution in [2.24, 2.45) is 0 Å². The van der Waals surface area contributed by atoms with Gasteiger partial charge in [-0.05, 0) is 40.1 Å². The lowest BCUT2D eigenvalue weighted by atomic mass is 9.79. The van der Waals surface area contributed by atoms with Crippen LogP contribution in [0.3, 0.4) is 0 Å². The van der Waals surface area contributed by atoms with Gasteiger partial charge in [-0.25, -0.2) is 4.79 Å². The molecule has 0 fully saturated rings. The van der Waals surface area contributed by atoms with Crippen molar-refractivity contribution in [2.45, 2.75) is 5.92 Å². The second-order valence-electron chi connectivity index (χ2n) is 6.71. The van der Waals surface area contributed by atoms with Crippen LogP contribution >= 0.6 is 0 Å². The molecule has 2 heterocycles. The Morgan fingerprint density at radius 1 is 1.15 bits per heavy atom. The molecule has 0 spiro atoms. The van der Waals surface area contributed by atoms with E-state index in [4.69, 9.17) is 9.47 Å². The molecule has 5 heteroatoms. The van der Waals surface area contributed by atoms with E-state index in [1.54, 1.807) is 12.1 Å². The zero-order valence-electron chi connectivity index (χ0n) is 14.7. The van der Waals surface area contributed by atoms with Gasteiger partial charge in [0.05, 0.1) is 18.4 Å². The third kappa shape index (κ3) is 2.28. The molecule has 0 aliphatic carbocycles. The number of methoxy groups -OCH3 is 1. The number of ether oxygens (including phenoxy) is 2. The molecule has 2 aliphatic heterocycles. The quantitative estimate of drug-likeness (QED) is 0.679. The summed E-state index contributed by atoms with van der Waals surface area (Å²) in [6, 6.07) is 17.4. The second kappa shape index (κ2) is 5.77. The van der Waals surface area contributed by atoms with Crippen LogP contribution in [0.15, 0.2) is 65.9 Å². The van der Waals surface area contributed by atoms with Gasteiger partial charge < -0.3 is 19.9 Å². The van der Waals surface area contributed by atoms with E-state index in [1.165, 1.54) is 7.11 Å². The highest BCUT2D eigenvalue weighted by Gasteiger charge is 2.39. The molecule has 2 aliphatic rings. The number of phenolic OH excluding ortho intramolecular Hbond substituents is 1. The van der Waals surface area contributed by atoms with Crippen molar-refractivity contribution in [3.8, 4) is 11.5 Å². The minimum Gasteiger partial charge on any atom is -0.504 e. The van der Waals surface area contributed by atoms with Crippen LogP contribution in [0.2, 0.25) is 0 Å². The number of aromatic hydroxyl groups is 1. The molecule has 0 saturated heterocycles. The fraction of sp³-hybridized carbons (Fsp3) is 0.136. The van der Waals surface area contributed by atoms with Crippen LogP contribution in [-0.4, -0.2) is 24.8 Å². The van der Waals surface area contributed by atoms with Crippen LogP contribution in [-0.2, 0) is 9.53 Å². The van der Waals surface area contributed by atoms with Gasteiger partial charge in [0.25, 0.3) is 0 Å². The van der Waals surface area contributed by atoms with Gasteiger partial charge in [0.2, 0.25) is 0 Å². The van der Waals surface area contributed by atoms with Crippen LogP contribution < -0.4 is 10.1 Å². The average molecular weight is 359 g/mol. The molecule has 0 bridgehead atoms. The molecule has 3 aromatic rings. The Hall–Kier alpha value is -3.47. The molecule has 1 atom stereocenters. The van der Waals surface area contributed by atoms with Gasteiger partial charge in [0.1, 0.15) is 6.61 Å². The number of anilines is 1. The monoisotopic (exact) mass is 359 g/mol. The summed E-state index contributed by atoms with van der Waals surface area (Å²) in [5.41, 5.74) is 4.27. The van der Waals surface area contributed by atoms with E-state index in [9.17, 15) is 9.90 Å². The summed E-state index contributed by atoms with van der Waals surface area (Å²) in [5.74, 6) is -0.169. The lowest BCUT2D eigenvalue weighted by Crippen LogP contribution is -2.20. The smallest absolute Gasteiger partial charge is 0.337 e. The number of esters is 1. The Labute approximate surface area is 155 Å². The molecule has 0 aromatic heterocycles. The van der Waals surface area contributed by atoms with E-state index >= 15 is 0 Å². The van der Waals surface area contributed by atoms with Crippen LogP contribution in [0.25, 0.3) is 10.8 Å². The molecular weight excluding hydrogens is 342 g/mol. The summed E-state index contributed by atoms with van der Waals surface area (Å²) >= 11 is 0. The van der Waals surface area contributed by atoms with Gasteiger partial charge in [-0.1, -0.05) is 36.4 Å². The first kappa shape index (κ1) is 15.8. The van der Waals surface area contributed by atoms with Crippen LogP contribution in [0, 0.1) is 0 Å². The van der Waals surface area contributed by atoms with Crippen molar-refractivity contribution in [3.63, 3.8) is 0 Å². The third-order valence-electron chi connectivity index (χ3n) is 5.26. The van der Waals surface area contributed by atoms with E-state index in [0.29, 0.717) is 11.3 Å². The van der Waals surface area contributed by atoms with Crippen LogP contribution in [0.5, 0.6) is 11.5 Å². The summed E-state index contributed by atoms with van der Waals surface area (Å²) in [4.78, 5) is 12.6. The van der Waals surface area contributed by atoms with Crippen molar-refractivity contribution in [3.05, 3.63) is 77.0 Å². The second-order valence-corrected chi connectivity index (χ2v) is 6.71. The SMILES string of the molecule is COc1cc(C2C3=C(COC3=O)Nc3ccc4ccccc4c32)ccc1O. The van der Waals surface area contributed by atoms with Gasteiger partial charge in [0.15, 0.2) is 11.5 Å². The van der Waals surface area contributed by atoms with E-state index in [1.807, 2.05) is 24.3 Å². The normalized spacial score (nSPS) is 18.0. The summed E-state index contributed by atoms with van der Waals surface area (Å²) in [6.45, 7) is 0.242. The van der Waals surface area contributed by atoms with Gasteiger partial charge in [-0.15, -0.1) is 0 Å². The Balaban J connectivity index is 1.82. The first-order valence-electron chi connectivity index (χ1n) is 8.73. The fourth-order valence-electron chi connectivity index (χ4n) is 4.04. The molecule has 27 heavy (non-hydrogen) atoms. The molecule has 1 unspecified atom stereocenters. The molecule has 3 aromatic carbocycles. The summed E-state index contributed by atoms with van der Waals surface area (Å²) in [5, 5.41) is 15.5. The number of phenols is 1. The third-order valence-corrected chi connectivity index (χ3v) is 5.26. The van der Waals surface area contributed by atoms with Crippen LogP contribution in [0.1, 0.15) is 17.0 Å². The number of cyclic esters (lactones) is 1. The summed E-state index contributed by atoms with van der Waals surface area (Å²) in [6.07, 6.45) is 0. The number of carbonyl (C=O) groups is 1. The first-order valence-corrected chi connectivity index (χ1v) is 8.73. The molecule has 0 amide bonds. The van der Waals surface area contributed by atoms with E-state index in [0.717, 1.165) is 33.3 Å². The van der Waals surface area contributed by atoms with Crippen molar-refractivity contribution >= 4 is 22.4 Å². The van der Waals surface area contributed by atoms with Gasteiger partial charge in [-0.3, -0.25) is 0 Å². The van der Waals surface area contributed by atoms with Crippen molar-refractivity contribution in [1.29, 1.82) is 0 Å². The highest BCUT2D eigenvalue weighted by atomic mass is 16.5. The number of benzene rings is 3. The maximum absolute atomic E-state index is 12.6. The minimum absolute atomic E-state index is 0.0662. The predicted molar refractivity (Wildman–Crippen MR) is 102 cm³/mol. The lowest BCUT2D eigenvalue weighted by molar-refractivity contribution is -0.136. The maximum Gasteiger partial charge on any atom is 0.337 e. The van der Waals surface area contributed by atoms with E-state index in [2.05, 4.69) is 23.5 Å². The number of rotatable bonds is 2. The van der Waals surface area contributed by atoms with Gasteiger partial charge in [0, 0.05) is 11.6 Å². The molecule has 5 rings (SSSR count). The van der Waals surface area contributed by atoms with Crippen molar-refractivity contribution in [2.75, 3.05) is 19.0 Å². The molecule has 0 radical (unpaired) electrons. The minimum atomic E-state index is -0.312. The largest absolute Gasteiger partial charge is 0.504 e. The first-order chi connectivity index (χ1) is 13.2. The van der Waals surface area contributed by atoms with Crippen molar-refractivity contribution in [1.82, 2.24) is 0 Å². The predicted octanol–water partition coefficient (Wildman–Crippen LogP) is 3.92. The highest BCUT2D eigenvalue weighted by Crippen LogP contribution is 2.48. The molecule has 5 nitrogen and oxygen atoms in total. The molecule has 0 saturated carbocycles. The Morgan fingerprint density at radius 2 is 2.00 bits per heavy atom. The summed E-state index contributed by atoms with van der Waals surface area (Å²) < 4.78 is 10.6. The summed E-state index contributed by atoms with van der Waals surface area (Å²) in [7, 11) is 1.51. The Morgan fingerprint density at radius 3 is 2.85 bits per heavy atom. The van der Waals surface area contributed by atoms with Gasteiger partial charge in [-0.2, -0.15) is 0 Å². The Bertz CT molecular complexity index is 1130. The molecular formula is C22H17NO4. The number of nitrogens with one attached hydrogen (secondary N) is 1. The zero-order chi connectivity index (χ0) is 18.5. The number of hydrogen-bond acceptors (Lipinski definition) is 5. The number of fused-ring (bicyclic) bond motifs is 3. The lowest BCUT2D eigenvalue weighted by Gasteiger charge is -2.29. The number of carbonyl (C=O) groups excluding carboxylic acids is 1. The average Bonchev–Trinajstić information content (AvgIpc) is 3.07. The maximum atomic E-state index is 12.6. The topological polar surface area (TPSA) is 67.8 Å². The fourth-order valence-corrected chi connectivity index (χ4v) is 4.04. The standard InChI is InChI=1S/C22H17NO4/c1-26-18-10-13(7-9-17(18)24)19-20-14-5-3-2-4-12(14)6-8-15(20)23-16-11-27-22(25)21(16)19/h2-10,19,23-24H,11H2,1H3. The van der Waals surface area contributed by atoms with Gasteiger partial charge >= 0.3 is 5.97 Å². The molecule has 134 valence electrons. The van der Waals surface area contributed by atoms with Crippen LogP contribution in [0.4, 0.5) is 5.69 Å². The number of hydrogen-bond donors (Lipinski definition) is 2.